The molecule has 2 aromatic rings. The minimum atomic E-state index is -0.620. The van der Waals surface area contributed by atoms with E-state index in [1.807, 2.05) is 43.3 Å². The molecule has 1 aliphatic rings. The van der Waals surface area contributed by atoms with Crippen LogP contribution in [0.3, 0.4) is 0 Å². The van der Waals surface area contributed by atoms with Crippen molar-refractivity contribution in [3.8, 4) is 5.75 Å². The van der Waals surface area contributed by atoms with Gasteiger partial charge in [-0.25, -0.2) is 0 Å². The molecule has 0 atom stereocenters. The number of esters is 1. The third-order valence-corrected chi connectivity index (χ3v) is 5.60. The average molecular weight is 490 g/mol. The van der Waals surface area contributed by atoms with Crippen LogP contribution in [-0.2, 0) is 20.9 Å². The first-order valence-electron chi connectivity index (χ1n) is 9.26. The lowest BCUT2D eigenvalue weighted by Crippen LogP contribution is -2.34. The maximum atomic E-state index is 12.6. The Morgan fingerprint density at radius 2 is 2.00 bits per heavy atom. The molecule has 2 amide bonds. The number of carbonyl (C=O) groups excluding carboxylic acids is 3. The highest BCUT2D eigenvalue weighted by Gasteiger charge is 2.36. The van der Waals surface area contributed by atoms with E-state index in [2.05, 4.69) is 15.9 Å². The van der Waals surface area contributed by atoms with Crippen molar-refractivity contribution in [3.63, 3.8) is 0 Å². The number of hydrogen-bond donors (Lipinski definition) is 0. The van der Waals surface area contributed by atoms with Crippen molar-refractivity contribution in [3.05, 3.63) is 68.5 Å². The van der Waals surface area contributed by atoms with Crippen molar-refractivity contribution >= 4 is 50.9 Å². The Kier molecular flexibility index (Phi) is 7.33. The van der Waals surface area contributed by atoms with Crippen molar-refractivity contribution in [2.45, 2.75) is 20.5 Å². The van der Waals surface area contributed by atoms with E-state index in [-0.39, 0.29) is 11.5 Å². The van der Waals surface area contributed by atoms with E-state index in [4.69, 9.17) is 9.47 Å². The van der Waals surface area contributed by atoms with E-state index in [0.717, 1.165) is 32.3 Å². The summed E-state index contributed by atoms with van der Waals surface area (Å²) in [7, 11) is 0. The molecule has 0 saturated carbocycles. The third kappa shape index (κ3) is 5.52. The Hall–Kier alpha value is -2.58. The molecule has 8 heteroatoms. The number of thioether (sulfide) groups is 1. The van der Waals surface area contributed by atoms with Crippen LogP contribution in [0.25, 0.3) is 6.08 Å². The number of benzene rings is 2. The lowest BCUT2D eigenvalue weighted by molar-refractivity contribution is -0.145. The molecular formula is C22H20BrNO5S. The summed E-state index contributed by atoms with van der Waals surface area (Å²) in [5.41, 5.74) is 2.82. The molecule has 0 aliphatic carbocycles. The van der Waals surface area contributed by atoms with Gasteiger partial charge in [-0.15, -0.1) is 0 Å². The fraction of sp³-hybridized carbons (Fsp3) is 0.227. The van der Waals surface area contributed by atoms with Crippen molar-refractivity contribution in [2.24, 2.45) is 0 Å². The summed E-state index contributed by atoms with van der Waals surface area (Å²) in [6.45, 7) is 3.84. The van der Waals surface area contributed by atoms with Crippen LogP contribution in [0.4, 0.5) is 4.79 Å². The number of nitrogens with zero attached hydrogens (tertiary/aromatic N) is 1. The zero-order chi connectivity index (χ0) is 21.7. The lowest BCUT2D eigenvalue weighted by Gasteiger charge is -2.12. The van der Waals surface area contributed by atoms with Gasteiger partial charge >= 0.3 is 5.97 Å². The molecule has 30 heavy (non-hydrogen) atoms. The molecular weight excluding hydrogens is 470 g/mol. The topological polar surface area (TPSA) is 72.9 Å². The summed E-state index contributed by atoms with van der Waals surface area (Å²) in [6, 6.07) is 13.5. The minimum Gasteiger partial charge on any atom is -0.488 e. The number of ether oxygens (including phenoxy) is 2. The molecule has 1 aliphatic heterocycles. The second-order valence-corrected chi connectivity index (χ2v) is 8.44. The Labute approximate surface area is 187 Å². The van der Waals surface area contributed by atoms with E-state index in [0.29, 0.717) is 17.9 Å². The van der Waals surface area contributed by atoms with Gasteiger partial charge < -0.3 is 9.47 Å². The Morgan fingerprint density at radius 3 is 2.73 bits per heavy atom. The van der Waals surface area contributed by atoms with Crippen molar-refractivity contribution in [1.82, 2.24) is 4.90 Å². The van der Waals surface area contributed by atoms with Gasteiger partial charge in [-0.05, 0) is 55.4 Å². The summed E-state index contributed by atoms with van der Waals surface area (Å²) in [6.07, 6.45) is 1.60. The maximum Gasteiger partial charge on any atom is 0.326 e. The second-order valence-electron chi connectivity index (χ2n) is 6.53. The molecule has 0 N–H and O–H groups in total. The number of aryl methyl sites for hydroxylation is 1. The first-order valence-corrected chi connectivity index (χ1v) is 10.9. The molecule has 1 saturated heterocycles. The molecule has 0 aromatic heterocycles. The van der Waals surface area contributed by atoms with E-state index in [1.54, 1.807) is 19.1 Å². The first-order chi connectivity index (χ1) is 14.4. The predicted molar refractivity (Wildman–Crippen MR) is 119 cm³/mol. The van der Waals surface area contributed by atoms with Gasteiger partial charge in [0.05, 0.1) is 11.5 Å². The molecule has 0 bridgehead atoms. The minimum absolute atomic E-state index is 0.185. The second kappa shape index (κ2) is 9.95. The average Bonchev–Trinajstić information content (AvgIpc) is 2.95. The van der Waals surface area contributed by atoms with Gasteiger partial charge in [0.2, 0.25) is 0 Å². The van der Waals surface area contributed by atoms with Gasteiger partial charge in [0.25, 0.3) is 11.1 Å². The van der Waals surface area contributed by atoms with Crippen LogP contribution in [0.1, 0.15) is 23.6 Å². The van der Waals surface area contributed by atoms with Gasteiger partial charge in [0.1, 0.15) is 18.9 Å². The van der Waals surface area contributed by atoms with Gasteiger partial charge in [-0.2, -0.15) is 0 Å². The Morgan fingerprint density at radius 1 is 1.20 bits per heavy atom. The van der Waals surface area contributed by atoms with Gasteiger partial charge in [-0.3, -0.25) is 19.3 Å². The summed E-state index contributed by atoms with van der Waals surface area (Å²) < 4.78 is 11.6. The fourth-order valence-corrected chi connectivity index (χ4v) is 4.05. The summed E-state index contributed by atoms with van der Waals surface area (Å²) in [5, 5.41) is -0.503. The highest BCUT2D eigenvalue weighted by Crippen LogP contribution is 2.35. The summed E-state index contributed by atoms with van der Waals surface area (Å²) in [4.78, 5) is 37.6. The van der Waals surface area contributed by atoms with Crippen LogP contribution in [0.2, 0.25) is 0 Å². The quantitative estimate of drug-likeness (QED) is 0.405. The summed E-state index contributed by atoms with van der Waals surface area (Å²) in [5.74, 6) is -0.565. The molecule has 6 nitrogen and oxygen atoms in total. The van der Waals surface area contributed by atoms with Crippen molar-refractivity contribution in [2.75, 3.05) is 13.2 Å². The molecule has 3 rings (SSSR count). The smallest absolute Gasteiger partial charge is 0.326 e. The standard InChI is InChI=1S/C22H20BrNO5S/c1-3-28-20(25)12-24-21(26)19(30-22(24)27)11-16-10-17(23)7-8-18(16)29-13-15-6-4-5-14(2)9-15/h4-11H,3,12-13H2,1-2H3/b19-11+. The number of imide groups is 1. The van der Waals surface area contributed by atoms with Crippen LogP contribution >= 0.6 is 27.7 Å². The summed E-state index contributed by atoms with van der Waals surface area (Å²) >= 11 is 4.21. The Bertz CT molecular complexity index is 1020. The van der Waals surface area contributed by atoms with E-state index < -0.39 is 23.7 Å². The first kappa shape index (κ1) is 22.1. The highest BCUT2D eigenvalue weighted by atomic mass is 79.9. The maximum absolute atomic E-state index is 12.6. The van der Waals surface area contributed by atoms with Crippen LogP contribution in [0.5, 0.6) is 5.75 Å². The van der Waals surface area contributed by atoms with E-state index >= 15 is 0 Å². The van der Waals surface area contributed by atoms with Crippen LogP contribution in [0.15, 0.2) is 51.8 Å². The van der Waals surface area contributed by atoms with E-state index in [9.17, 15) is 14.4 Å². The number of hydrogen-bond acceptors (Lipinski definition) is 6. The van der Waals surface area contributed by atoms with Crippen LogP contribution < -0.4 is 4.74 Å². The predicted octanol–water partition coefficient (Wildman–Crippen LogP) is 4.94. The van der Waals surface area contributed by atoms with Gasteiger partial charge in [-0.1, -0.05) is 45.8 Å². The zero-order valence-electron chi connectivity index (χ0n) is 16.5. The molecule has 1 fully saturated rings. The Balaban J connectivity index is 1.80. The number of carbonyl (C=O) groups is 3. The number of rotatable bonds is 7. The van der Waals surface area contributed by atoms with Crippen LogP contribution in [0, 0.1) is 6.92 Å². The monoisotopic (exact) mass is 489 g/mol. The van der Waals surface area contributed by atoms with Crippen molar-refractivity contribution < 1.29 is 23.9 Å². The molecule has 0 spiro atoms. The van der Waals surface area contributed by atoms with Crippen LogP contribution in [-0.4, -0.2) is 35.2 Å². The van der Waals surface area contributed by atoms with E-state index in [1.165, 1.54) is 0 Å². The van der Waals surface area contributed by atoms with Gasteiger partial charge in [0, 0.05) is 10.0 Å². The molecule has 0 radical (unpaired) electrons. The highest BCUT2D eigenvalue weighted by molar-refractivity contribution is 9.10. The molecule has 156 valence electrons. The largest absolute Gasteiger partial charge is 0.488 e. The third-order valence-electron chi connectivity index (χ3n) is 4.20. The molecule has 0 unspecified atom stereocenters. The van der Waals surface area contributed by atoms with Gasteiger partial charge in [0.15, 0.2) is 0 Å². The molecule has 1 heterocycles. The fourth-order valence-electron chi connectivity index (χ4n) is 2.84. The normalized spacial score (nSPS) is 15.0. The lowest BCUT2D eigenvalue weighted by atomic mass is 10.1. The molecule has 2 aromatic carbocycles. The SMILES string of the molecule is CCOC(=O)CN1C(=O)S/C(=C/c2cc(Br)ccc2OCc2cccc(C)c2)C1=O. The number of halogens is 1. The zero-order valence-corrected chi connectivity index (χ0v) is 18.9. The number of amides is 2. The van der Waals surface area contributed by atoms with Crippen molar-refractivity contribution in [1.29, 1.82) is 0 Å².